The van der Waals surface area contributed by atoms with Crippen molar-refractivity contribution in [3.8, 4) is 5.75 Å². The van der Waals surface area contributed by atoms with Crippen molar-refractivity contribution in [3.05, 3.63) is 53.6 Å². The predicted octanol–water partition coefficient (Wildman–Crippen LogP) is 2.71. The van der Waals surface area contributed by atoms with Crippen molar-refractivity contribution in [2.75, 3.05) is 56.7 Å². The smallest absolute Gasteiger partial charge is 0.254 e. The Balaban J connectivity index is 1.23. The molecule has 1 N–H and O–H groups in total. The molecule has 2 heterocycles. The highest BCUT2D eigenvalue weighted by Crippen LogP contribution is 2.39. The van der Waals surface area contributed by atoms with E-state index < -0.39 is 5.41 Å². The molecule has 0 fully saturated rings. The normalized spacial score (nSPS) is 17.3. The fourth-order valence-corrected chi connectivity index (χ4v) is 4.71. The van der Waals surface area contributed by atoms with E-state index in [0.29, 0.717) is 30.3 Å². The van der Waals surface area contributed by atoms with E-state index in [0.717, 1.165) is 43.6 Å². The number of carbonyl (C=O) groups is 3. The number of amides is 3. The largest absolute Gasteiger partial charge is 0.493 e. The van der Waals surface area contributed by atoms with Crippen LogP contribution in [0.3, 0.4) is 0 Å². The van der Waals surface area contributed by atoms with Gasteiger partial charge in [-0.05, 0) is 57.0 Å². The molecule has 0 bridgehead atoms. The predicted molar refractivity (Wildman–Crippen MR) is 136 cm³/mol. The Labute approximate surface area is 206 Å². The fraction of sp³-hybridized carbons (Fsp3) is 0.444. The molecule has 2 aliphatic heterocycles. The van der Waals surface area contributed by atoms with Crippen molar-refractivity contribution < 1.29 is 19.1 Å². The summed E-state index contributed by atoms with van der Waals surface area (Å²) >= 11 is 0. The Morgan fingerprint density at radius 3 is 2.43 bits per heavy atom. The summed E-state index contributed by atoms with van der Waals surface area (Å²) in [7, 11) is 3.38. The Kier molecular flexibility index (Phi) is 7.12. The number of hydrogen-bond acceptors (Lipinski definition) is 5. The third-order valence-corrected chi connectivity index (χ3v) is 6.86. The van der Waals surface area contributed by atoms with E-state index >= 15 is 0 Å². The van der Waals surface area contributed by atoms with Crippen molar-refractivity contribution in [1.29, 1.82) is 0 Å². The summed E-state index contributed by atoms with van der Waals surface area (Å²) in [5.41, 5.74) is 2.16. The van der Waals surface area contributed by atoms with Crippen molar-refractivity contribution in [2.45, 2.75) is 26.7 Å². The second kappa shape index (κ2) is 10.1. The van der Waals surface area contributed by atoms with Gasteiger partial charge in [-0.2, -0.15) is 0 Å². The van der Waals surface area contributed by atoms with Gasteiger partial charge >= 0.3 is 0 Å². The SMILES string of the molecule is CN1C(=O)C(C)(C)C(=O)N(C)c2cc(OCCCNCCN3CCc4ccccc4C3=O)ccc21. The van der Waals surface area contributed by atoms with E-state index in [4.69, 9.17) is 4.74 Å². The number of nitrogens with one attached hydrogen (secondary N) is 1. The highest BCUT2D eigenvalue weighted by Gasteiger charge is 2.44. The quantitative estimate of drug-likeness (QED) is 0.466. The van der Waals surface area contributed by atoms with Crippen LogP contribution >= 0.6 is 0 Å². The van der Waals surface area contributed by atoms with E-state index in [9.17, 15) is 14.4 Å². The third kappa shape index (κ3) is 4.89. The Morgan fingerprint density at radius 1 is 0.943 bits per heavy atom. The lowest BCUT2D eigenvalue weighted by Crippen LogP contribution is -2.46. The van der Waals surface area contributed by atoms with Crippen molar-refractivity contribution >= 4 is 29.1 Å². The number of ether oxygens (including phenoxy) is 1. The number of hydrogen-bond donors (Lipinski definition) is 1. The van der Waals surface area contributed by atoms with Gasteiger partial charge in [-0.15, -0.1) is 0 Å². The van der Waals surface area contributed by atoms with E-state index in [-0.39, 0.29) is 17.7 Å². The summed E-state index contributed by atoms with van der Waals surface area (Å²) in [4.78, 5) is 43.2. The van der Waals surface area contributed by atoms with Gasteiger partial charge in [-0.3, -0.25) is 14.4 Å². The molecule has 4 rings (SSSR count). The molecule has 0 aromatic heterocycles. The molecule has 186 valence electrons. The second-order valence-electron chi connectivity index (χ2n) is 9.66. The van der Waals surface area contributed by atoms with Gasteiger partial charge in [0.1, 0.15) is 11.2 Å². The van der Waals surface area contributed by atoms with Crippen LogP contribution in [0.5, 0.6) is 5.75 Å². The first-order valence-electron chi connectivity index (χ1n) is 12.1. The van der Waals surface area contributed by atoms with Gasteiger partial charge in [0.15, 0.2) is 0 Å². The van der Waals surface area contributed by atoms with E-state index in [2.05, 4.69) is 5.32 Å². The summed E-state index contributed by atoms with van der Waals surface area (Å²) in [5.74, 6) is 0.286. The number of anilines is 2. The van der Waals surface area contributed by atoms with Crippen molar-refractivity contribution in [3.63, 3.8) is 0 Å². The van der Waals surface area contributed by atoms with Crippen molar-refractivity contribution in [2.24, 2.45) is 5.41 Å². The summed E-state index contributed by atoms with van der Waals surface area (Å²) < 4.78 is 5.92. The standard InChI is InChI=1S/C27H34N4O4/c1-27(2)25(33)29(3)22-11-10-20(18-23(22)30(4)26(27)34)35-17-7-13-28-14-16-31-15-12-19-8-5-6-9-21(19)24(31)32/h5-6,8-11,18,28H,7,12-17H2,1-4H3. The van der Waals surface area contributed by atoms with Crippen LogP contribution in [0.4, 0.5) is 11.4 Å². The maximum atomic E-state index is 12.9. The fourth-order valence-electron chi connectivity index (χ4n) is 4.71. The first-order chi connectivity index (χ1) is 16.7. The van der Waals surface area contributed by atoms with Crippen LogP contribution in [0.15, 0.2) is 42.5 Å². The highest BCUT2D eigenvalue weighted by molar-refractivity contribution is 6.19. The van der Waals surface area contributed by atoms with Gasteiger partial charge in [0.2, 0.25) is 11.8 Å². The molecule has 8 nitrogen and oxygen atoms in total. The zero-order chi connectivity index (χ0) is 25.2. The number of benzene rings is 2. The summed E-state index contributed by atoms with van der Waals surface area (Å²) in [5, 5.41) is 3.38. The van der Waals surface area contributed by atoms with E-state index in [1.54, 1.807) is 27.9 Å². The number of rotatable bonds is 8. The monoisotopic (exact) mass is 478 g/mol. The van der Waals surface area contributed by atoms with Crippen LogP contribution in [0.1, 0.15) is 36.2 Å². The summed E-state index contributed by atoms with van der Waals surface area (Å²) in [6.07, 6.45) is 1.70. The van der Waals surface area contributed by atoms with E-state index in [1.165, 1.54) is 9.80 Å². The summed E-state index contributed by atoms with van der Waals surface area (Å²) in [6, 6.07) is 13.3. The highest BCUT2D eigenvalue weighted by atomic mass is 16.5. The number of carbonyl (C=O) groups excluding carboxylic acids is 3. The molecule has 0 saturated heterocycles. The first-order valence-corrected chi connectivity index (χ1v) is 12.1. The molecule has 0 spiro atoms. The molecular weight excluding hydrogens is 444 g/mol. The molecule has 3 amide bonds. The van der Waals surface area contributed by atoms with Crippen molar-refractivity contribution in [1.82, 2.24) is 10.2 Å². The average molecular weight is 479 g/mol. The van der Waals surface area contributed by atoms with Gasteiger partial charge in [0, 0.05) is 45.4 Å². The Morgan fingerprint density at radius 2 is 1.66 bits per heavy atom. The van der Waals surface area contributed by atoms with Crippen LogP contribution in [0.25, 0.3) is 0 Å². The lowest BCUT2D eigenvalue weighted by Gasteiger charge is -2.28. The van der Waals surface area contributed by atoms with Crippen LogP contribution in [-0.2, 0) is 16.0 Å². The van der Waals surface area contributed by atoms with Crippen LogP contribution in [0, 0.1) is 5.41 Å². The molecule has 0 unspecified atom stereocenters. The minimum absolute atomic E-state index is 0.111. The van der Waals surface area contributed by atoms with Gasteiger partial charge in [-0.1, -0.05) is 18.2 Å². The zero-order valence-corrected chi connectivity index (χ0v) is 21.0. The molecule has 2 aromatic rings. The maximum absolute atomic E-state index is 12.9. The van der Waals surface area contributed by atoms with Gasteiger partial charge < -0.3 is 24.8 Å². The second-order valence-corrected chi connectivity index (χ2v) is 9.66. The molecule has 8 heteroatoms. The van der Waals surface area contributed by atoms with Gasteiger partial charge in [0.05, 0.1) is 18.0 Å². The van der Waals surface area contributed by atoms with Gasteiger partial charge in [0.25, 0.3) is 5.91 Å². The Hall–Kier alpha value is -3.39. The zero-order valence-electron chi connectivity index (χ0n) is 21.0. The average Bonchev–Trinajstić information content (AvgIpc) is 2.91. The maximum Gasteiger partial charge on any atom is 0.254 e. The molecule has 0 radical (unpaired) electrons. The molecule has 0 aliphatic carbocycles. The Bertz CT molecular complexity index is 1130. The topological polar surface area (TPSA) is 82.2 Å². The van der Waals surface area contributed by atoms with Crippen LogP contribution in [-0.4, -0.2) is 69.5 Å². The van der Waals surface area contributed by atoms with E-state index in [1.807, 2.05) is 47.4 Å². The molecule has 35 heavy (non-hydrogen) atoms. The molecule has 2 aliphatic rings. The minimum atomic E-state index is -1.13. The number of nitrogens with zero attached hydrogens (tertiary/aromatic N) is 3. The first kappa shape index (κ1) is 24.7. The van der Waals surface area contributed by atoms with Crippen LogP contribution in [0.2, 0.25) is 0 Å². The third-order valence-electron chi connectivity index (χ3n) is 6.86. The summed E-state index contributed by atoms with van der Waals surface area (Å²) in [6.45, 7) is 6.76. The molecular formula is C27H34N4O4. The molecule has 0 atom stereocenters. The van der Waals surface area contributed by atoms with Gasteiger partial charge in [-0.25, -0.2) is 0 Å². The van der Waals surface area contributed by atoms with Crippen LogP contribution < -0.4 is 19.9 Å². The lowest BCUT2D eigenvalue weighted by molar-refractivity contribution is -0.137. The molecule has 2 aromatic carbocycles. The minimum Gasteiger partial charge on any atom is -0.493 e. The molecule has 0 saturated carbocycles. The lowest BCUT2D eigenvalue weighted by atomic mass is 9.90. The number of fused-ring (bicyclic) bond motifs is 2.